The summed E-state index contributed by atoms with van der Waals surface area (Å²) in [5.74, 6) is -0.856. The van der Waals surface area contributed by atoms with Crippen LogP contribution >= 0.6 is 22.6 Å². The number of methoxy groups -OCH3 is 1. The third-order valence-electron chi connectivity index (χ3n) is 4.82. The van der Waals surface area contributed by atoms with Crippen molar-refractivity contribution in [3.8, 4) is 0 Å². The van der Waals surface area contributed by atoms with Crippen LogP contribution in [0, 0.1) is 3.57 Å². The zero-order valence-corrected chi connectivity index (χ0v) is 25.8. The normalized spacial score (nSPS) is 13.0. The number of carbonyl (C=O) groups excluding carboxylic acids is 4. The van der Waals surface area contributed by atoms with Crippen LogP contribution in [0.3, 0.4) is 0 Å². The number of rotatable bonds is 4. The number of amides is 2. The van der Waals surface area contributed by atoms with Gasteiger partial charge in [-0.15, -0.1) is 0 Å². The van der Waals surface area contributed by atoms with Crippen LogP contribution in [0.4, 0.5) is 14.4 Å². The first-order chi connectivity index (χ1) is 17.2. The van der Waals surface area contributed by atoms with Gasteiger partial charge in [-0.3, -0.25) is 4.57 Å². The number of carbonyl (C=O) groups is 4. The fourth-order valence-electron chi connectivity index (χ4n) is 3.47. The predicted octanol–water partition coefficient (Wildman–Crippen LogP) is 6.29. The van der Waals surface area contributed by atoms with Crippen molar-refractivity contribution in [3.63, 3.8) is 0 Å². The minimum absolute atomic E-state index is 0.169. The SMILES string of the molecule is COC(=O)[C@H](Cc1cn(C(=O)OC(C)(C)C)c2cc(I)ccc12)N(C(=O)OC(C)(C)C)C(=O)OC(C)(C)C. The number of esters is 1. The first kappa shape index (κ1) is 31.4. The number of ether oxygens (including phenoxy) is 4. The van der Waals surface area contributed by atoms with E-state index in [4.69, 9.17) is 18.9 Å². The Bertz CT molecular complexity index is 1190. The monoisotopic (exact) mass is 644 g/mol. The van der Waals surface area contributed by atoms with Gasteiger partial charge < -0.3 is 18.9 Å². The van der Waals surface area contributed by atoms with Crippen LogP contribution in [0.1, 0.15) is 67.9 Å². The number of benzene rings is 1. The minimum Gasteiger partial charge on any atom is -0.467 e. The maximum atomic E-state index is 13.2. The zero-order chi connectivity index (χ0) is 29.2. The van der Waals surface area contributed by atoms with Gasteiger partial charge in [0.2, 0.25) is 0 Å². The Balaban J connectivity index is 2.66. The largest absolute Gasteiger partial charge is 0.467 e. The summed E-state index contributed by atoms with van der Waals surface area (Å²) in [6, 6.07) is 4.00. The predicted molar refractivity (Wildman–Crippen MR) is 150 cm³/mol. The highest BCUT2D eigenvalue weighted by molar-refractivity contribution is 14.1. The molecule has 0 spiro atoms. The van der Waals surface area contributed by atoms with E-state index in [9.17, 15) is 19.2 Å². The van der Waals surface area contributed by atoms with E-state index in [0.717, 1.165) is 10.7 Å². The number of imide groups is 1. The molecule has 1 aromatic heterocycles. The maximum Gasteiger partial charge on any atom is 0.420 e. The van der Waals surface area contributed by atoms with E-state index in [2.05, 4.69) is 22.6 Å². The van der Waals surface area contributed by atoms with Crippen LogP contribution in [0.25, 0.3) is 10.9 Å². The van der Waals surface area contributed by atoms with Gasteiger partial charge in [0, 0.05) is 21.6 Å². The van der Waals surface area contributed by atoms with Crippen molar-refractivity contribution in [2.24, 2.45) is 0 Å². The van der Waals surface area contributed by atoms with E-state index in [0.29, 0.717) is 21.4 Å². The van der Waals surface area contributed by atoms with Crippen LogP contribution in [0.15, 0.2) is 24.4 Å². The molecular formula is C27H37IN2O8. The van der Waals surface area contributed by atoms with Crippen LogP contribution in [-0.2, 0) is 30.2 Å². The lowest BCUT2D eigenvalue weighted by atomic mass is 10.0. The van der Waals surface area contributed by atoms with Gasteiger partial charge in [-0.1, -0.05) is 6.07 Å². The molecule has 10 nitrogen and oxygen atoms in total. The molecule has 0 saturated heterocycles. The lowest BCUT2D eigenvalue weighted by molar-refractivity contribution is -0.146. The number of fused-ring (bicyclic) bond motifs is 1. The molecule has 0 aliphatic rings. The third-order valence-corrected chi connectivity index (χ3v) is 5.49. The van der Waals surface area contributed by atoms with Gasteiger partial charge in [-0.05, 0) is 103 Å². The molecule has 0 unspecified atom stereocenters. The van der Waals surface area contributed by atoms with E-state index >= 15 is 0 Å². The average Bonchev–Trinajstić information content (AvgIpc) is 3.06. The third kappa shape index (κ3) is 8.60. The van der Waals surface area contributed by atoms with Gasteiger partial charge in [0.25, 0.3) is 0 Å². The average molecular weight is 645 g/mol. The van der Waals surface area contributed by atoms with Crippen molar-refractivity contribution in [2.75, 3.05) is 7.11 Å². The van der Waals surface area contributed by atoms with Gasteiger partial charge in [0.1, 0.15) is 22.8 Å². The molecule has 0 fully saturated rings. The van der Waals surface area contributed by atoms with Crippen molar-refractivity contribution < 1.29 is 38.1 Å². The van der Waals surface area contributed by atoms with Gasteiger partial charge in [0.05, 0.1) is 12.6 Å². The summed E-state index contributed by atoms with van der Waals surface area (Å²) < 4.78 is 23.7. The topological polar surface area (TPSA) is 113 Å². The first-order valence-electron chi connectivity index (χ1n) is 12.1. The molecule has 38 heavy (non-hydrogen) atoms. The van der Waals surface area contributed by atoms with E-state index in [1.807, 2.05) is 6.07 Å². The van der Waals surface area contributed by atoms with Crippen molar-refractivity contribution in [3.05, 3.63) is 33.5 Å². The molecule has 0 aliphatic heterocycles. The van der Waals surface area contributed by atoms with Crippen LogP contribution < -0.4 is 0 Å². The summed E-state index contributed by atoms with van der Waals surface area (Å²) in [5.41, 5.74) is -1.60. The Labute approximate surface area is 237 Å². The second-order valence-corrected chi connectivity index (χ2v) is 13.0. The molecule has 1 aromatic carbocycles. The molecule has 0 bridgehead atoms. The summed E-state index contributed by atoms with van der Waals surface area (Å²) in [6.07, 6.45) is -1.37. The van der Waals surface area contributed by atoms with Crippen molar-refractivity contribution in [1.29, 1.82) is 0 Å². The molecular weight excluding hydrogens is 607 g/mol. The number of halogens is 1. The minimum atomic E-state index is -1.44. The van der Waals surface area contributed by atoms with Crippen LogP contribution in [-0.4, -0.2) is 63.7 Å². The van der Waals surface area contributed by atoms with Crippen molar-refractivity contribution in [1.82, 2.24) is 9.47 Å². The number of hydrogen-bond acceptors (Lipinski definition) is 8. The van der Waals surface area contributed by atoms with Gasteiger partial charge in [-0.25, -0.2) is 19.2 Å². The lowest BCUT2D eigenvalue weighted by Gasteiger charge is -2.32. The second-order valence-electron chi connectivity index (χ2n) is 11.7. The molecule has 2 aromatic rings. The second kappa shape index (κ2) is 11.5. The molecule has 0 aliphatic carbocycles. The number of aromatic nitrogens is 1. The molecule has 2 amide bonds. The van der Waals surface area contributed by atoms with Crippen LogP contribution in [0.5, 0.6) is 0 Å². The number of hydrogen-bond donors (Lipinski definition) is 0. The quantitative estimate of drug-likeness (QED) is 0.217. The Hall–Kier alpha value is -2.83. The van der Waals surface area contributed by atoms with E-state index in [1.54, 1.807) is 74.4 Å². The smallest absolute Gasteiger partial charge is 0.420 e. The summed E-state index contributed by atoms with van der Waals surface area (Å²) >= 11 is 2.13. The molecule has 0 saturated carbocycles. The summed E-state index contributed by atoms with van der Waals surface area (Å²) in [7, 11) is 1.16. The molecule has 2 rings (SSSR count). The van der Waals surface area contributed by atoms with E-state index < -0.39 is 47.1 Å². The summed E-state index contributed by atoms with van der Waals surface area (Å²) in [4.78, 5) is 53.2. The molecule has 210 valence electrons. The number of nitrogens with zero attached hydrogens (tertiary/aromatic N) is 2. The fraction of sp³-hybridized carbons (Fsp3) is 0.556. The maximum absolute atomic E-state index is 13.2. The highest BCUT2D eigenvalue weighted by Gasteiger charge is 2.41. The highest BCUT2D eigenvalue weighted by atomic mass is 127. The summed E-state index contributed by atoms with van der Waals surface area (Å²) in [6.45, 7) is 15.1. The molecule has 1 atom stereocenters. The molecule has 0 radical (unpaired) electrons. The zero-order valence-electron chi connectivity index (χ0n) is 23.6. The molecule has 0 N–H and O–H groups in total. The van der Waals surface area contributed by atoms with Gasteiger partial charge in [-0.2, -0.15) is 4.90 Å². The Kier molecular flexibility index (Phi) is 9.50. The van der Waals surface area contributed by atoms with E-state index in [-0.39, 0.29) is 6.42 Å². The molecule has 1 heterocycles. The van der Waals surface area contributed by atoms with Crippen molar-refractivity contribution >= 4 is 57.7 Å². The lowest BCUT2D eigenvalue weighted by Crippen LogP contribution is -2.53. The Morgan fingerprint density at radius 2 is 1.37 bits per heavy atom. The summed E-state index contributed by atoms with van der Waals surface area (Å²) in [5, 5.41) is 0.638. The van der Waals surface area contributed by atoms with Crippen LogP contribution in [0.2, 0.25) is 0 Å². The first-order valence-corrected chi connectivity index (χ1v) is 13.2. The van der Waals surface area contributed by atoms with Gasteiger partial charge >= 0.3 is 24.2 Å². The molecule has 11 heteroatoms. The highest BCUT2D eigenvalue weighted by Crippen LogP contribution is 2.28. The van der Waals surface area contributed by atoms with E-state index in [1.165, 1.54) is 10.8 Å². The van der Waals surface area contributed by atoms with Gasteiger partial charge in [0.15, 0.2) is 0 Å². The standard InChI is InChI=1S/C27H37IN2O8/c1-25(2,3)36-22(32)29-15-16(18-12-11-17(28)14-19(18)29)13-20(21(31)35-10)30(23(33)37-26(4,5)6)24(34)38-27(7,8)9/h11-12,14-15,20H,13H2,1-10H3/t20-/m0/s1. The Morgan fingerprint density at radius 3 is 1.82 bits per heavy atom. The fourth-order valence-corrected chi connectivity index (χ4v) is 3.95. The Morgan fingerprint density at radius 1 is 0.868 bits per heavy atom. The van der Waals surface area contributed by atoms with Crippen molar-refractivity contribution in [2.45, 2.75) is 91.6 Å².